The molecule has 0 heterocycles. The molecule has 0 aromatic heterocycles. The third kappa shape index (κ3) is 1.02. The Bertz CT molecular complexity index is 337. The Morgan fingerprint density at radius 3 is 2.92 bits per heavy atom. The minimum absolute atomic E-state index is 0.944. The van der Waals surface area contributed by atoms with E-state index in [0.717, 1.165) is 18.5 Å². The smallest absolute Gasteiger partial charge is 0.0352 e. The van der Waals surface area contributed by atoms with Crippen molar-refractivity contribution in [3.05, 3.63) is 34.9 Å². The average molecular weight is 159 g/mol. The first kappa shape index (κ1) is 7.41. The summed E-state index contributed by atoms with van der Waals surface area (Å²) >= 11 is 0. The number of benzene rings is 1. The highest BCUT2D eigenvalue weighted by Gasteiger charge is 2.09. The Balaban J connectivity index is 2.67. The van der Waals surface area contributed by atoms with Crippen LogP contribution in [0.3, 0.4) is 0 Å². The molecule has 1 aliphatic carbocycles. The van der Waals surface area contributed by atoms with E-state index in [4.69, 9.17) is 5.73 Å². The second-order valence-electron chi connectivity index (χ2n) is 3.30. The first-order valence-corrected chi connectivity index (χ1v) is 4.33. The highest BCUT2D eigenvalue weighted by molar-refractivity contribution is 5.67. The Morgan fingerprint density at radius 2 is 2.17 bits per heavy atom. The lowest BCUT2D eigenvalue weighted by Gasteiger charge is -2.14. The minimum Gasteiger partial charge on any atom is -0.398 e. The molecule has 1 aromatic carbocycles. The van der Waals surface area contributed by atoms with Crippen LogP contribution in [0.2, 0.25) is 0 Å². The number of fused-ring (bicyclic) bond motifs is 1. The van der Waals surface area contributed by atoms with Gasteiger partial charge < -0.3 is 5.73 Å². The summed E-state index contributed by atoms with van der Waals surface area (Å²) in [5.74, 6) is 0. The fourth-order valence-electron chi connectivity index (χ4n) is 1.74. The molecule has 0 aliphatic heterocycles. The Morgan fingerprint density at radius 1 is 1.33 bits per heavy atom. The number of nitrogens with two attached hydrogens (primary N) is 1. The zero-order valence-corrected chi connectivity index (χ0v) is 7.30. The summed E-state index contributed by atoms with van der Waals surface area (Å²) in [6.45, 7) is 2.13. The summed E-state index contributed by atoms with van der Waals surface area (Å²) in [7, 11) is 0. The zero-order valence-electron chi connectivity index (χ0n) is 7.30. The molecule has 1 nitrogen and oxygen atoms in total. The van der Waals surface area contributed by atoms with E-state index in [2.05, 4.69) is 25.1 Å². The topological polar surface area (TPSA) is 26.0 Å². The van der Waals surface area contributed by atoms with Gasteiger partial charge in [0.05, 0.1) is 0 Å². The molecule has 1 aromatic rings. The summed E-state index contributed by atoms with van der Waals surface area (Å²) < 4.78 is 0. The zero-order chi connectivity index (χ0) is 8.55. The average Bonchev–Trinajstić information content (AvgIpc) is 2.12. The first-order chi connectivity index (χ1) is 5.79. The molecule has 2 N–H and O–H groups in total. The van der Waals surface area contributed by atoms with Gasteiger partial charge in [0.1, 0.15) is 0 Å². The number of rotatable bonds is 0. The lowest BCUT2D eigenvalue weighted by Crippen LogP contribution is -2.01. The van der Waals surface area contributed by atoms with Crippen molar-refractivity contribution in [1.29, 1.82) is 0 Å². The summed E-state index contributed by atoms with van der Waals surface area (Å²) in [6.07, 6.45) is 6.62. The molecule has 0 fully saturated rings. The molecule has 0 saturated heterocycles. The van der Waals surface area contributed by atoms with Gasteiger partial charge in [0.2, 0.25) is 0 Å². The van der Waals surface area contributed by atoms with E-state index in [1.54, 1.807) is 0 Å². The van der Waals surface area contributed by atoms with Crippen molar-refractivity contribution in [2.75, 3.05) is 5.73 Å². The van der Waals surface area contributed by atoms with Crippen LogP contribution in [-0.4, -0.2) is 0 Å². The third-order valence-electron chi connectivity index (χ3n) is 2.46. The van der Waals surface area contributed by atoms with Crippen LogP contribution in [0.15, 0.2) is 18.2 Å². The van der Waals surface area contributed by atoms with Crippen molar-refractivity contribution in [1.82, 2.24) is 0 Å². The number of hydrogen-bond donors (Lipinski definition) is 1. The highest BCUT2D eigenvalue weighted by atomic mass is 14.6. The van der Waals surface area contributed by atoms with Gasteiger partial charge >= 0.3 is 0 Å². The van der Waals surface area contributed by atoms with E-state index in [-0.39, 0.29) is 0 Å². The van der Waals surface area contributed by atoms with Crippen LogP contribution in [-0.2, 0) is 6.42 Å². The highest BCUT2D eigenvalue weighted by Crippen LogP contribution is 2.27. The van der Waals surface area contributed by atoms with Crippen LogP contribution in [0.25, 0.3) is 6.08 Å². The van der Waals surface area contributed by atoms with E-state index >= 15 is 0 Å². The monoisotopic (exact) mass is 159 g/mol. The lowest BCUT2D eigenvalue weighted by atomic mass is 9.92. The van der Waals surface area contributed by atoms with Crippen molar-refractivity contribution in [2.24, 2.45) is 0 Å². The molecular formula is C11H13N. The van der Waals surface area contributed by atoms with Crippen LogP contribution >= 0.6 is 0 Å². The van der Waals surface area contributed by atoms with Crippen molar-refractivity contribution in [3.63, 3.8) is 0 Å². The first-order valence-electron chi connectivity index (χ1n) is 4.33. The van der Waals surface area contributed by atoms with Crippen LogP contribution < -0.4 is 5.73 Å². The van der Waals surface area contributed by atoms with Crippen molar-refractivity contribution in [3.8, 4) is 0 Å². The molecule has 0 bridgehead atoms. The predicted octanol–water partition coefficient (Wildman–Crippen LogP) is 2.54. The maximum atomic E-state index is 5.88. The molecule has 62 valence electrons. The molecule has 0 spiro atoms. The number of aryl methyl sites for hydroxylation is 1. The van der Waals surface area contributed by atoms with Crippen molar-refractivity contribution in [2.45, 2.75) is 19.8 Å². The third-order valence-corrected chi connectivity index (χ3v) is 2.46. The molecular weight excluding hydrogens is 146 g/mol. The van der Waals surface area contributed by atoms with E-state index in [0.29, 0.717) is 0 Å². The number of nitrogen functional groups attached to an aromatic ring is 1. The van der Waals surface area contributed by atoms with Crippen LogP contribution in [0.5, 0.6) is 0 Å². The lowest BCUT2D eigenvalue weighted by molar-refractivity contribution is 0.984. The number of hydrogen-bond acceptors (Lipinski definition) is 1. The number of allylic oxidation sites excluding steroid dienone is 1. The Labute approximate surface area is 72.9 Å². The van der Waals surface area contributed by atoms with Gasteiger partial charge in [-0.05, 0) is 42.5 Å². The summed E-state index contributed by atoms with van der Waals surface area (Å²) in [5, 5.41) is 0. The largest absolute Gasteiger partial charge is 0.398 e. The molecule has 2 rings (SSSR count). The van der Waals surface area contributed by atoms with Crippen LogP contribution in [0, 0.1) is 6.92 Å². The van der Waals surface area contributed by atoms with E-state index in [1.807, 2.05) is 6.07 Å². The normalized spacial score (nSPS) is 14.4. The number of anilines is 1. The second kappa shape index (κ2) is 2.67. The molecule has 0 amide bonds. The second-order valence-corrected chi connectivity index (χ2v) is 3.30. The van der Waals surface area contributed by atoms with Crippen LogP contribution in [0.4, 0.5) is 5.69 Å². The predicted molar refractivity (Wildman–Crippen MR) is 52.9 cm³/mol. The van der Waals surface area contributed by atoms with E-state index < -0.39 is 0 Å². The fourth-order valence-corrected chi connectivity index (χ4v) is 1.74. The molecule has 0 atom stereocenters. The van der Waals surface area contributed by atoms with E-state index in [9.17, 15) is 0 Å². The van der Waals surface area contributed by atoms with Crippen LogP contribution in [0.1, 0.15) is 23.1 Å². The molecule has 12 heavy (non-hydrogen) atoms. The maximum absolute atomic E-state index is 5.88. The van der Waals surface area contributed by atoms with Gasteiger partial charge in [-0.1, -0.05) is 18.2 Å². The Hall–Kier alpha value is -1.24. The van der Waals surface area contributed by atoms with Gasteiger partial charge in [0.15, 0.2) is 0 Å². The molecule has 0 saturated carbocycles. The SMILES string of the molecule is Cc1ccc(N)c2c1C=CCC2. The maximum Gasteiger partial charge on any atom is 0.0352 e. The fraction of sp³-hybridized carbons (Fsp3) is 0.273. The van der Waals surface area contributed by atoms with Gasteiger partial charge in [0, 0.05) is 5.69 Å². The quantitative estimate of drug-likeness (QED) is 0.578. The van der Waals surface area contributed by atoms with Gasteiger partial charge in [-0.25, -0.2) is 0 Å². The van der Waals surface area contributed by atoms with Crippen molar-refractivity contribution < 1.29 is 0 Å². The van der Waals surface area contributed by atoms with Crippen molar-refractivity contribution >= 4 is 11.8 Å². The minimum atomic E-state index is 0.944. The molecule has 0 radical (unpaired) electrons. The standard InChI is InChI=1S/C11H13N/c1-8-6-7-11(12)10-5-3-2-4-9(8)10/h2,4,6-7H,3,5,12H2,1H3. The molecule has 0 unspecified atom stereocenters. The summed E-state index contributed by atoms with van der Waals surface area (Å²) in [4.78, 5) is 0. The van der Waals surface area contributed by atoms with Gasteiger partial charge in [0.25, 0.3) is 0 Å². The summed E-state index contributed by atoms with van der Waals surface area (Å²) in [6, 6.07) is 4.09. The van der Waals surface area contributed by atoms with Gasteiger partial charge in [-0.15, -0.1) is 0 Å². The molecule has 1 heteroatoms. The van der Waals surface area contributed by atoms with Gasteiger partial charge in [-0.2, -0.15) is 0 Å². The van der Waals surface area contributed by atoms with Gasteiger partial charge in [-0.3, -0.25) is 0 Å². The molecule has 1 aliphatic rings. The van der Waals surface area contributed by atoms with E-state index in [1.165, 1.54) is 16.7 Å². The Kier molecular flexibility index (Phi) is 1.65. The summed E-state index contributed by atoms with van der Waals surface area (Å²) in [5.41, 5.74) is 10.8.